The maximum atomic E-state index is 12.0. The molecule has 1 aliphatic rings. The second-order valence-corrected chi connectivity index (χ2v) is 5.59. The van der Waals surface area contributed by atoms with Crippen molar-refractivity contribution in [2.75, 3.05) is 6.61 Å². The predicted octanol–water partition coefficient (Wildman–Crippen LogP) is 1.72. The molecule has 0 aromatic heterocycles. The molecule has 2 unspecified atom stereocenters. The van der Waals surface area contributed by atoms with E-state index in [0.717, 1.165) is 4.90 Å². The second kappa shape index (κ2) is 5.59. The van der Waals surface area contributed by atoms with Crippen molar-refractivity contribution in [3.05, 3.63) is 0 Å². The van der Waals surface area contributed by atoms with E-state index in [0.29, 0.717) is 0 Å². The second-order valence-electron chi connectivity index (χ2n) is 5.59. The fourth-order valence-corrected chi connectivity index (χ4v) is 1.90. The van der Waals surface area contributed by atoms with Crippen LogP contribution >= 0.6 is 0 Å². The molecule has 6 nitrogen and oxygen atoms in total. The SMILES string of the molecule is CCOC(=O)C1CC(C)C(=O)N1C(=O)OC(C)(C)C. The Morgan fingerprint density at radius 1 is 1.37 bits per heavy atom. The average Bonchev–Trinajstić information content (AvgIpc) is 2.53. The predicted molar refractivity (Wildman–Crippen MR) is 67.3 cm³/mol. The first-order valence-corrected chi connectivity index (χ1v) is 6.40. The first-order chi connectivity index (χ1) is 8.67. The van der Waals surface area contributed by atoms with E-state index in [4.69, 9.17) is 9.47 Å². The van der Waals surface area contributed by atoms with Crippen LogP contribution in [0.15, 0.2) is 0 Å². The highest BCUT2D eigenvalue weighted by Crippen LogP contribution is 2.27. The van der Waals surface area contributed by atoms with Gasteiger partial charge in [-0.3, -0.25) is 4.79 Å². The van der Waals surface area contributed by atoms with Gasteiger partial charge in [-0.1, -0.05) is 6.92 Å². The van der Waals surface area contributed by atoms with Gasteiger partial charge in [0, 0.05) is 5.92 Å². The Hall–Kier alpha value is -1.59. The van der Waals surface area contributed by atoms with Gasteiger partial charge in [0.15, 0.2) is 0 Å². The van der Waals surface area contributed by atoms with E-state index in [1.165, 1.54) is 0 Å². The van der Waals surface area contributed by atoms with E-state index in [9.17, 15) is 14.4 Å². The molecule has 0 spiro atoms. The molecule has 0 bridgehead atoms. The lowest BCUT2D eigenvalue weighted by atomic mass is 10.1. The van der Waals surface area contributed by atoms with Gasteiger partial charge in [-0.15, -0.1) is 0 Å². The summed E-state index contributed by atoms with van der Waals surface area (Å²) in [4.78, 5) is 36.7. The maximum Gasteiger partial charge on any atom is 0.417 e. The summed E-state index contributed by atoms with van der Waals surface area (Å²) in [6, 6.07) is -0.878. The molecular weight excluding hydrogens is 250 g/mol. The zero-order chi connectivity index (χ0) is 14.8. The molecule has 0 saturated carbocycles. The van der Waals surface area contributed by atoms with Crippen LogP contribution in [-0.2, 0) is 19.1 Å². The van der Waals surface area contributed by atoms with Gasteiger partial charge in [-0.2, -0.15) is 0 Å². The van der Waals surface area contributed by atoms with Gasteiger partial charge in [0.25, 0.3) is 0 Å². The molecule has 0 radical (unpaired) electrons. The van der Waals surface area contributed by atoms with Crippen LogP contribution in [0.5, 0.6) is 0 Å². The van der Waals surface area contributed by atoms with E-state index in [1.807, 2.05) is 0 Å². The number of hydrogen-bond acceptors (Lipinski definition) is 5. The molecule has 6 heteroatoms. The van der Waals surface area contributed by atoms with Gasteiger partial charge in [0.05, 0.1) is 6.61 Å². The third kappa shape index (κ3) is 3.68. The fourth-order valence-electron chi connectivity index (χ4n) is 1.90. The van der Waals surface area contributed by atoms with Gasteiger partial charge in [-0.05, 0) is 34.1 Å². The van der Waals surface area contributed by atoms with E-state index in [1.54, 1.807) is 34.6 Å². The van der Waals surface area contributed by atoms with Gasteiger partial charge in [-0.25, -0.2) is 14.5 Å². The zero-order valence-corrected chi connectivity index (χ0v) is 12.1. The van der Waals surface area contributed by atoms with Gasteiger partial charge in [0.2, 0.25) is 5.91 Å². The van der Waals surface area contributed by atoms with E-state index >= 15 is 0 Å². The molecule has 108 valence electrons. The first-order valence-electron chi connectivity index (χ1n) is 6.40. The van der Waals surface area contributed by atoms with Crippen LogP contribution in [0.3, 0.4) is 0 Å². The maximum absolute atomic E-state index is 12.0. The van der Waals surface area contributed by atoms with Crippen molar-refractivity contribution in [3.8, 4) is 0 Å². The summed E-state index contributed by atoms with van der Waals surface area (Å²) in [5.41, 5.74) is -0.720. The number of likely N-dealkylation sites (tertiary alicyclic amines) is 1. The molecule has 1 heterocycles. The highest BCUT2D eigenvalue weighted by molar-refractivity contribution is 6.00. The molecular formula is C13H21NO5. The highest BCUT2D eigenvalue weighted by atomic mass is 16.6. The summed E-state index contributed by atoms with van der Waals surface area (Å²) in [7, 11) is 0. The zero-order valence-electron chi connectivity index (χ0n) is 12.1. The normalized spacial score (nSPS) is 23.4. The minimum Gasteiger partial charge on any atom is -0.464 e. The Bertz CT molecular complexity index is 385. The molecule has 0 aromatic rings. The summed E-state index contributed by atoms with van der Waals surface area (Å²) in [6.07, 6.45) is -0.517. The van der Waals surface area contributed by atoms with Crippen molar-refractivity contribution < 1.29 is 23.9 Å². The number of nitrogens with zero attached hydrogens (tertiary/aromatic N) is 1. The number of esters is 1. The summed E-state index contributed by atoms with van der Waals surface area (Å²) in [5.74, 6) is -1.35. The number of rotatable bonds is 2. The summed E-state index contributed by atoms with van der Waals surface area (Å²) >= 11 is 0. The Kier molecular flexibility index (Phi) is 4.55. The van der Waals surface area contributed by atoms with Crippen LogP contribution in [0.2, 0.25) is 0 Å². The minimum absolute atomic E-state index is 0.208. The molecule has 1 saturated heterocycles. The number of carbonyl (C=O) groups is 3. The Morgan fingerprint density at radius 2 is 1.95 bits per heavy atom. The Labute approximate surface area is 113 Å². The number of carbonyl (C=O) groups excluding carboxylic acids is 3. The van der Waals surface area contributed by atoms with Crippen LogP contribution in [0, 0.1) is 5.92 Å². The van der Waals surface area contributed by atoms with Crippen molar-refractivity contribution in [3.63, 3.8) is 0 Å². The summed E-state index contributed by atoms with van der Waals surface area (Å²) in [6.45, 7) is 8.67. The van der Waals surface area contributed by atoms with E-state index in [2.05, 4.69) is 0 Å². The van der Waals surface area contributed by atoms with Crippen LogP contribution in [0.4, 0.5) is 4.79 Å². The van der Waals surface area contributed by atoms with Crippen molar-refractivity contribution in [2.24, 2.45) is 5.92 Å². The number of hydrogen-bond donors (Lipinski definition) is 0. The minimum atomic E-state index is -0.878. The molecule has 19 heavy (non-hydrogen) atoms. The summed E-state index contributed by atoms with van der Waals surface area (Å²) < 4.78 is 10.0. The molecule has 0 N–H and O–H groups in total. The molecule has 1 fully saturated rings. The lowest BCUT2D eigenvalue weighted by Crippen LogP contribution is -2.46. The Balaban J connectivity index is 2.89. The van der Waals surface area contributed by atoms with E-state index in [-0.39, 0.29) is 18.9 Å². The van der Waals surface area contributed by atoms with Crippen molar-refractivity contribution in [1.82, 2.24) is 4.90 Å². The lowest BCUT2D eigenvalue weighted by Gasteiger charge is -2.26. The molecule has 0 aromatic carbocycles. The van der Waals surface area contributed by atoms with Crippen LogP contribution in [-0.4, -0.2) is 41.1 Å². The number of ether oxygens (including phenoxy) is 2. The lowest BCUT2D eigenvalue weighted by molar-refractivity contribution is -0.151. The van der Waals surface area contributed by atoms with Crippen molar-refractivity contribution in [1.29, 1.82) is 0 Å². The molecule has 2 atom stereocenters. The van der Waals surface area contributed by atoms with Crippen molar-refractivity contribution in [2.45, 2.75) is 52.7 Å². The number of amides is 2. The quantitative estimate of drug-likeness (QED) is 0.715. The molecule has 2 amide bonds. The monoisotopic (exact) mass is 271 g/mol. The third-order valence-corrected chi connectivity index (χ3v) is 2.70. The van der Waals surface area contributed by atoms with Gasteiger partial charge >= 0.3 is 12.1 Å². The molecule has 1 aliphatic heterocycles. The van der Waals surface area contributed by atoms with Gasteiger partial charge in [0.1, 0.15) is 11.6 Å². The van der Waals surface area contributed by atoms with E-state index < -0.39 is 29.6 Å². The number of imide groups is 1. The van der Waals surface area contributed by atoms with Gasteiger partial charge < -0.3 is 9.47 Å². The topological polar surface area (TPSA) is 72.9 Å². The molecule has 0 aliphatic carbocycles. The molecule has 1 rings (SSSR count). The van der Waals surface area contributed by atoms with Crippen molar-refractivity contribution >= 4 is 18.0 Å². The largest absolute Gasteiger partial charge is 0.464 e. The van der Waals surface area contributed by atoms with Crippen LogP contribution in [0.1, 0.15) is 41.0 Å². The fraction of sp³-hybridized carbons (Fsp3) is 0.769. The Morgan fingerprint density at radius 3 is 2.42 bits per heavy atom. The average molecular weight is 271 g/mol. The standard InChI is InChI=1S/C13H21NO5/c1-6-18-11(16)9-7-8(2)10(15)14(9)12(17)19-13(3,4)5/h8-9H,6-7H2,1-5H3. The smallest absolute Gasteiger partial charge is 0.417 e. The third-order valence-electron chi connectivity index (χ3n) is 2.70. The van der Waals surface area contributed by atoms with Crippen LogP contribution < -0.4 is 0 Å². The summed E-state index contributed by atoms with van der Waals surface area (Å²) in [5, 5.41) is 0. The first kappa shape index (κ1) is 15.5. The van der Waals surface area contributed by atoms with Crippen LogP contribution in [0.25, 0.3) is 0 Å². The highest BCUT2D eigenvalue weighted by Gasteiger charge is 2.47.